The first-order valence-corrected chi connectivity index (χ1v) is 11.2. The van der Waals surface area contributed by atoms with Crippen molar-refractivity contribution in [3.8, 4) is 0 Å². The number of anilines is 1. The van der Waals surface area contributed by atoms with Crippen LogP contribution in [0.25, 0.3) is 0 Å². The summed E-state index contributed by atoms with van der Waals surface area (Å²) < 4.78 is 4.41. The number of aliphatic imine (C=N–C) groups is 1. The van der Waals surface area contributed by atoms with E-state index in [0.29, 0.717) is 12.1 Å². The van der Waals surface area contributed by atoms with E-state index >= 15 is 0 Å². The molecule has 3 rings (SSSR count). The van der Waals surface area contributed by atoms with Crippen LogP contribution in [0.2, 0.25) is 0 Å². The van der Waals surface area contributed by atoms with E-state index in [4.69, 9.17) is 0 Å². The number of aryl methyl sites for hydroxylation is 1. The zero-order valence-electron chi connectivity index (χ0n) is 17.7. The zero-order valence-corrected chi connectivity index (χ0v) is 20.9. The molecule has 3 heterocycles. The van der Waals surface area contributed by atoms with Gasteiger partial charge in [-0.25, -0.2) is 4.98 Å². The van der Waals surface area contributed by atoms with E-state index < -0.39 is 0 Å². The Morgan fingerprint density at radius 3 is 2.61 bits per heavy atom. The number of guanidine groups is 1. The zero-order chi connectivity index (χ0) is 19.2. The molecule has 0 spiro atoms. The smallest absolute Gasteiger partial charge is 0.205 e. The van der Waals surface area contributed by atoms with Crippen LogP contribution >= 0.6 is 35.5 Å². The summed E-state index contributed by atoms with van der Waals surface area (Å²) in [6.45, 7) is 12.9. The molecule has 0 aromatic carbocycles. The summed E-state index contributed by atoms with van der Waals surface area (Å²) in [6.07, 6.45) is 4.93. The van der Waals surface area contributed by atoms with Crippen molar-refractivity contribution in [2.75, 3.05) is 51.2 Å². The molecule has 2 atom stereocenters. The molecule has 2 saturated heterocycles. The Kier molecular flexibility index (Phi) is 9.68. The number of halogens is 1. The molecule has 0 saturated carbocycles. The Labute approximate surface area is 191 Å². The van der Waals surface area contributed by atoms with Gasteiger partial charge in [0.15, 0.2) is 5.96 Å². The van der Waals surface area contributed by atoms with Crippen LogP contribution in [-0.4, -0.2) is 83.5 Å². The van der Waals surface area contributed by atoms with Gasteiger partial charge in [0.2, 0.25) is 5.13 Å². The van der Waals surface area contributed by atoms with Crippen molar-refractivity contribution >= 4 is 46.6 Å². The maximum absolute atomic E-state index is 4.62. The number of rotatable bonds is 5. The van der Waals surface area contributed by atoms with E-state index in [1.165, 1.54) is 37.3 Å². The molecule has 7 nitrogen and oxygen atoms in total. The van der Waals surface area contributed by atoms with Gasteiger partial charge in [0.05, 0.1) is 0 Å². The molecule has 2 aliphatic heterocycles. The molecule has 2 unspecified atom stereocenters. The van der Waals surface area contributed by atoms with Crippen molar-refractivity contribution in [1.29, 1.82) is 0 Å². The van der Waals surface area contributed by atoms with Crippen molar-refractivity contribution in [3.63, 3.8) is 0 Å². The fraction of sp³-hybridized carbons (Fsp3) is 0.842. The molecular weight excluding hydrogens is 485 g/mol. The molecule has 1 N–H and O–H groups in total. The van der Waals surface area contributed by atoms with E-state index in [2.05, 4.69) is 55.1 Å². The van der Waals surface area contributed by atoms with Gasteiger partial charge in [0, 0.05) is 69.8 Å². The fourth-order valence-electron chi connectivity index (χ4n) is 4.09. The van der Waals surface area contributed by atoms with Gasteiger partial charge in [0.25, 0.3) is 0 Å². The molecule has 0 bridgehead atoms. The Morgan fingerprint density at radius 2 is 2.00 bits per heavy atom. The van der Waals surface area contributed by atoms with Crippen molar-refractivity contribution in [2.45, 2.75) is 58.5 Å². The van der Waals surface area contributed by atoms with Gasteiger partial charge < -0.3 is 15.1 Å². The van der Waals surface area contributed by atoms with Crippen LogP contribution in [0.15, 0.2) is 4.99 Å². The minimum absolute atomic E-state index is 0. The number of aromatic nitrogens is 2. The van der Waals surface area contributed by atoms with Crippen LogP contribution in [0, 0.1) is 0 Å². The Morgan fingerprint density at radius 1 is 1.25 bits per heavy atom. The molecular formula is C19H36IN7S. The molecule has 1 aromatic rings. The lowest BCUT2D eigenvalue weighted by Gasteiger charge is -2.39. The van der Waals surface area contributed by atoms with Crippen LogP contribution in [0.1, 0.15) is 45.9 Å². The van der Waals surface area contributed by atoms with Gasteiger partial charge >= 0.3 is 0 Å². The highest BCUT2D eigenvalue weighted by molar-refractivity contribution is 14.0. The molecule has 160 valence electrons. The summed E-state index contributed by atoms with van der Waals surface area (Å²) in [6, 6.07) is 1.23. The van der Waals surface area contributed by atoms with E-state index in [1.807, 2.05) is 7.05 Å². The highest BCUT2D eigenvalue weighted by Gasteiger charge is 2.25. The summed E-state index contributed by atoms with van der Waals surface area (Å²) in [5.74, 6) is 1.98. The predicted octanol–water partition coefficient (Wildman–Crippen LogP) is 2.68. The van der Waals surface area contributed by atoms with Crippen LogP contribution in [0.5, 0.6) is 0 Å². The van der Waals surface area contributed by atoms with Crippen molar-refractivity contribution in [3.05, 3.63) is 5.82 Å². The van der Waals surface area contributed by atoms with Gasteiger partial charge in [0.1, 0.15) is 5.82 Å². The second-order valence-corrected chi connectivity index (χ2v) is 8.41. The molecule has 0 amide bonds. The van der Waals surface area contributed by atoms with E-state index in [1.54, 1.807) is 0 Å². The first kappa shape index (κ1) is 23.6. The third-order valence-corrected chi connectivity index (χ3v) is 6.63. The number of piperidine rings is 1. The van der Waals surface area contributed by atoms with E-state index in [-0.39, 0.29) is 24.0 Å². The molecule has 2 aliphatic rings. The number of nitrogens with one attached hydrogen (secondary N) is 1. The van der Waals surface area contributed by atoms with Crippen molar-refractivity contribution in [1.82, 2.24) is 24.5 Å². The fourth-order valence-corrected chi connectivity index (χ4v) is 4.89. The molecule has 2 fully saturated rings. The second kappa shape index (κ2) is 11.5. The Hall–Kier alpha value is -0.680. The SMILES string of the molecule is CCc1nsc(N2CCN(C(=NC)NCC(C)N3CCCCC3C)CC2)n1.I. The lowest BCUT2D eigenvalue weighted by molar-refractivity contribution is 0.115. The number of nitrogens with zero attached hydrogens (tertiary/aromatic N) is 6. The lowest BCUT2D eigenvalue weighted by atomic mass is 10.0. The molecule has 0 radical (unpaired) electrons. The summed E-state index contributed by atoms with van der Waals surface area (Å²) >= 11 is 1.52. The van der Waals surface area contributed by atoms with E-state index in [9.17, 15) is 0 Å². The third-order valence-electron chi connectivity index (χ3n) is 5.81. The van der Waals surface area contributed by atoms with Crippen molar-refractivity contribution < 1.29 is 0 Å². The summed E-state index contributed by atoms with van der Waals surface area (Å²) in [5.41, 5.74) is 0. The van der Waals surface area contributed by atoms with Crippen LogP contribution < -0.4 is 10.2 Å². The van der Waals surface area contributed by atoms with Crippen LogP contribution in [0.4, 0.5) is 5.13 Å². The number of piperazine rings is 1. The van der Waals surface area contributed by atoms with E-state index in [0.717, 1.165) is 56.1 Å². The maximum atomic E-state index is 4.62. The Balaban J connectivity index is 0.00000280. The van der Waals surface area contributed by atoms with Crippen LogP contribution in [-0.2, 0) is 6.42 Å². The average Bonchev–Trinajstić information content (AvgIpc) is 3.18. The minimum atomic E-state index is 0. The van der Waals surface area contributed by atoms with Crippen LogP contribution in [0.3, 0.4) is 0 Å². The Bertz CT molecular complexity index is 615. The maximum Gasteiger partial charge on any atom is 0.205 e. The molecule has 0 aliphatic carbocycles. The number of hydrogen-bond donors (Lipinski definition) is 1. The molecule has 28 heavy (non-hydrogen) atoms. The predicted molar refractivity (Wildman–Crippen MR) is 129 cm³/mol. The van der Waals surface area contributed by atoms with Gasteiger partial charge in [-0.2, -0.15) is 4.37 Å². The monoisotopic (exact) mass is 521 g/mol. The normalized spacial score (nSPS) is 22.7. The highest BCUT2D eigenvalue weighted by atomic mass is 127. The third kappa shape index (κ3) is 5.91. The summed E-state index contributed by atoms with van der Waals surface area (Å²) in [7, 11) is 1.89. The quantitative estimate of drug-likeness (QED) is 0.366. The first-order valence-electron chi connectivity index (χ1n) is 10.4. The molecule has 1 aromatic heterocycles. The van der Waals surface area contributed by atoms with Gasteiger partial charge in [-0.05, 0) is 33.2 Å². The summed E-state index contributed by atoms with van der Waals surface area (Å²) in [5, 5.41) is 4.67. The highest BCUT2D eigenvalue weighted by Crippen LogP contribution is 2.20. The largest absolute Gasteiger partial charge is 0.355 e. The van der Waals surface area contributed by atoms with Gasteiger partial charge in [-0.15, -0.1) is 24.0 Å². The number of likely N-dealkylation sites (tertiary alicyclic amines) is 1. The lowest BCUT2D eigenvalue weighted by Crippen LogP contribution is -2.55. The number of hydrogen-bond acceptors (Lipinski definition) is 6. The standard InChI is InChI=1S/C19H35N7S.HI/c1-5-17-22-19(27-23-17)25-12-10-24(11-13-25)18(20-4)21-14-16(3)26-9-7-6-8-15(26)2;/h15-16H,5-14H2,1-4H3,(H,20,21);1H. The molecule has 9 heteroatoms. The van der Waals surface area contributed by atoms with Gasteiger partial charge in [-0.3, -0.25) is 9.89 Å². The topological polar surface area (TPSA) is 59.9 Å². The summed E-state index contributed by atoms with van der Waals surface area (Å²) in [4.78, 5) is 16.5. The second-order valence-electron chi connectivity index (χ2n) is 7.68. The average molecular weight is 522 g/mol. The minimum Gasteiger partial charge on any atom is -0.355 e. The van der Waals surface area contributed by atoms with Gasteiger partial charge in [-0.1, -0.05) is 13.3 Å². The first-order chi connectivity index (χ1) is 13.1. The van der Waals surface area contributed by atoms with Crippen molar-refractivity contribution in [2.24, 2.45) is 4.99 Å².